The van der Waals surface area contributed by atoms with Crippen LogP contribution in [0.5, 0.6) is 0 Å². The van der Waals surface area contributed by atoms with E-state index in [9.17, 15) is 4.57 Å². The van der Waals surface area contributed by atoms with E-state index in [1.165, 1.54) is 0 Å². The number of rotatable bonds is 1. The van der Waals surface area contributed by atoms with Crippen molar-refractivity contribution in [2.24, 2.45) is 0 Å². The summed E-state index contributed by atoms with van der Waals surface area (Å²) in [6.07, 6.45) is 1.69. The third-order valence-corrected chi connectivity index (χ3v) is 2.87. The number of aryl methyl sites for hydroxylation is 1. The Hall–Kier alpha value is -0.560. The van der Waals surface area contributed by atoms with Gasteiger partial charge in [0, 0.05) is 0 Å². The van der Waals surface area contributed by atoms with Gasteiger partial charge in [0.1, 0.15) is 7.14 Å². The fraction of sp³-hybridized carbons (Fsp3) is 0.500. The predicted octanol–water partition coefficient (Wildman–Crippen LogP) is 0.966. The lowest BCUT2D eigenvalue weighted by Gasteiger charge is -2.02. The molecule has 10 heavy (non-hydrogen) atoms. The van der Waals surface area contributed by atoms with Gasteiger partial charge < -0.3 is 4.57 Å². The zero-order valence-corrected chi connectivity index (χ0v) is 7.27. The largest absolute Gasteiger partial charge is 0.318 e. The summed E-state index contributed by atoms with van der Waals surface area (Å²) in [7, 11) is -2.13. The molecule has 0 aliphatic heterocycles. The Labute approximate surface area is 60.2 Å². The van der Waals surface area contributed by atoms with Gasteiger partial charge in [0.25, 0.3) is 0 Å². The standard InChI is InChI=1S/C6H11N2OP/c1-5-4-7-8-6(5)10(2,3)9/h4H,1-3H3,(H,7,8). The smallest absolute Gasteiger partial charge is 0.126 e. The van der Waals surface area contributed by atoms with Crippen LogP contribution in [-0.2, 0) is 4.57 Å². The van der Waals surface area contributed by atoms with Crippen molar-refractivity contribution in [3.8, 4) is 0 Å². The van der Waals surface area contributed by atoms with Crippen molar-refractivity contribution in [3.05, 3.63) is 11.8 Å². The van der Waals surface area contributed by atoms with E-state index >= 15 is 0 Å². The van der Waals surface area contributed by atoms with Crippen LogP contribution in [0, 0.1) is 6.92 Å². The maximum absolute atomic E-state index is 11.4. The summed E-state index contributed by atoms with van der Waals surface area (Å²) < 4.78 is 11.4. The molecule has 0 aliphatic carbocycles. The van der Waals surface area contributed by atoms with Crippen LogP contribution >= 0.6 is 7.14 Å². The summed E-state index contributed by atoms with van der Waals surface area (Å²) in [5.41, 5.74) is 1.76. The van der Waals surface area contributed by atoms with E-state index in [-0.39, 0.29) is 0 Å². The topological polar surface area (TPSA) is 45.8 Å². The van der Waals surface area contributed by atoms with Crippen LogP contribution in [-0.4, -0.2) is 23.5 Å². The summed E-state index contributed by atoms with van der Waals surface area (Å²) in [5.74, 6) is 0. The van der Waals surface area contributed by atoms with E-state index in [0.717, 1.165) is 11.0 Å². The second kappa shape index (κ2) is 2.24. The molecule has 1 N–H and O–H groups in total. The van der Waals surface area contributed by atoms with E-state index in [4.69, 9.17) is 0 Å². The number of hydrogen-bond acceptors (Lipinski definition) is 2. The first-order valence-corrected chi connectivity index (χ1v) is 5.67. The lowest BCUT2D eigenvalue weighted by atomic mass is 10.4. The zero-order valence-electron chi connectivity index (χ0n) is 6.38. The molecule has 0 aromatic carbocycles. The number of aromatic nitrogens is 2. The molecule has 0 radical (unpaired) electrons. The predicted molar refractivity (Wildman–Crippen MR) is 42.4 cm³/mol. The van der Waals surface area contributed by atoms with Gasteiger partial charge in [0.05, 0.1) is 11.6 Å². The quantitative estimate of drug-likeness (QED) is 0.619. The van der Waals surface area contributed by atoms with Crippen molar-refractivity contribution in [3.63, 3.8) is 0 Å². The third-order valence-electron chi connectivity index (χ3n) is 1.34. The van der Waals surface area contributed by atoms with Gasteiger partial charge in [-0.3, -0.25) is 5.10 Å². The second-order valence-electron chi connectivity index (χ2n) is 2.75. The molecular formula is C6H11N2OP. The summed E-state index contributed by atoms with van der Waals surface area (Å²) in [6.45, 7) is 5.36. The van der Waals surface area contributed by atoms with Crippen LogP contribution in [0.15, 0.2) is 6.20 Å². The molecule has 1 aromatic rings. The molecule has 3 nitrogen and oxygen atoms in total. The van der Waals surface area contributed by atoms with Gasteiger partial charge in [-0.15, -0.1) is 0 Å². The maximum Gasteiger partial charge on any atom is 0.126 e. The number of nitrogens with one attached hydrogen (secondary N) is 1. The van der Waals surface area contributed by atoms with Crippen molar-refractivity contribution in [2.45, 2.75) is 6.92 Å². The lowest BCUT2D eigenvalue weighted by Crippen LogP contribution is -2.06. The fourth-order valence-corrected chi connectivity index (χ4v) is 2.09. The van der Waals surface area contributed by atoms with Crippen molar-refractivity contribution in [2.75, 3.05) is 13.3 Å². The minimum Gasteiger partial charge on any atom is -0.318 e. The Bertz CT molecular complexity index is 273. The SMILES string of the molecule is Cc1cn[nH]c1P(C)(C)=O. The van der Waals surface area contributed by atoms with Crippen LogP contribution in [0.4, 0.5) is 0 Å². The number of H-pyrrole nitrogens is 1. The molecule has 0 amide bonds. The van der Waals surface area contributed by atoms with Gasteiger partial charge in [-0.1, -0.05) is 0 Å². The average Bonchev–Trinajstić information content (AvgIpc) is 2.11. The van der Waals surface area contributed by atoms with E-state index in [2.05, 4.69) is 10.2 Å². The van der Waals surface area contributed by atoms with Crippen LogP contribution in [0.25, 0.3) is 0 Å². The molecule has 4 heteroatoms. The molecule has 0 unspecified atom stereocenters. The molecule has 0 bridgehead atoms. The molecule has 1 rings (SSSR count). The van der Waals surface area contributed by atoms with Crippen molar-refractivity contribution >= 4 is 12.6 Å². The Morgan fingerprint density at radius 3 is 2.40 bits per heavy atom. The summed E-state index contributed by atoms with van der Waals surface area (Å²) in [5, 5.41) is 6.52. The molecule has 0 aliphatic rings. The first-order chi connectivity index (χ1) is 4.52. The summed E-state index contributed by atoms with van der Waals surface area (Å²) in [6, 6.07) is 0. The van der Waals surface area contributed by atoms with Crippen LogP contribution in [0.1, 0.15) is 5.56 Å². The van der Waals surface area contributed by atoms with Gasteiger partial charge in [-0.2, -0.15) is 5.10 Å². The van der Waals surface area contributed by atoms with Crippen LogP contribution < -0.4 is 5.44 Å². The fourth-order valence-electron chi connectivity index (χ4n) is 0.885. The van der Waals surface area contributed by atoms with Gasteiger partial charge in [0.15, 0.2) is 0 Å². The van der Waals surface area contributed by atoms with Crippen molar-refractivity contribution < 1.29 is 4.57 Å². The van der Waals surface area contributed by atoms with Crippen LogP contribution in [0.2, 0.25) is 0 Å². The zero-order chi connectivity index (χ0) is 7.78. The normalized spacial score (nSPS) is 11.9. The van der Waals surface area contributed by atoms with Gasteiger partial charge in [-0.05, 0) is 25.8 Å². The minimum atomic E-state index is -2.13. The second-order valence-corrected chi connectivity index (χ2v) is 5.90. The highest BCUT2D eigenvalue weighted by Gasteiger charge is 2.14. The van der Waals surface area contributed by atoms with Gasteiger partial charge >= 0.3 is 0 Å². The number of aromatic amines is 1. The molecule has 0 spiro atoms. The number of hydrogen-bond donors (Lipinski definition) is 1. The van der Waals surface area contributed by atoms with Gasteiger partial charge in [-0.25, -0.2) is 0 Å². The summed E-state index contributed by atoms with van der Waals surface area (Å²) in [4.78, 5) is 0. The minimum absolute atomic E-state index is 0.785. The highest BCUT2D eigenvalue weighted by molar-refractivity contribution is 7.70. The Morgan fingerprint density at radius 2 is 2.20 bits per heavy atom. The molecular weight excluding hydrogens is 147 g/mol. The Balaban J connectivity index is 3.18. The highest BCUT2D eigenvalue weighted by Crippen LogP contribution is 2.34. The van der Waals surface area contributed by atoms with Crippen molar-refractivity contribution in [1.29, 1.82) is 0 Å². The monoisotopic (exact) mass is 158 g/mol. The Morgan fingerprint density at radius 1 is 1.60 bits per heavy atom. The molecule has 1 heterocycles. The summed E-state index contributed by atoms with van der Waals surface area (Å²) >= 11 is 0. The van der Waals surface area contributed by atoms with Crippen LogP contribution in [0.3, 0.4) is 0 Å². The first-order valence-electron chi connectivity index (χ1n) is 3.07. The maximum atomic E-state index is 11.4. The van der Waals surface area contributed by atoms with E-state index in [1.54, 1.807) is 19.5 Å². The van der Waals surface area contributed by atoms with Gasteiger partial charge in [0.2, 0.25) is 0 Å². The van der Waals surface area contributed by atoms with E-state index in [1.807, 2.05) is 6.92 Å². The van der Waals surface area contributed by atoms with E-state index in [0.29, 0.717) is 0 Å². The van der Waals surface area contributed by atoms with E-state index < -0.39 is 7.14 Å². The number of nitrogens with zero attached hydrogens (tertiary/aromatic N) is 1. The van der Waals surface area contributed by atoms with Crippen molar-refractivity contribution in [1.82, 2.24) is 10.2 Å². The average molecular weight is 158 g/mol. The molecule has 0 atom stereocenters. The third kappa shape index (κ3) is 1.29. The molecule has 0 fully saturated rings. The highest BCUT2D eigenvalue weighted by atomic mass is 31.2. The first kappa shape index (κ1) is 7.55. The Kier molecular flexibility index (Phi) is 1.69. The molecule has 0 saturated heterocycles. The molecule has 56 valence electrons. The molecule has 1 aromatic heterocycles. The lowest BCUT2D eigenvalue weighted by molar-refractivity contribution is 0.587. The molecule has 0 saturated carbocycles.